The number of pyridine rings is 1. The second kappa shape index (κ2) is 6.54. The number of aromatic nitrogens is 1. The number of hydrogen-bond acceptors (Lipinski definition) is 5. The first-order valence-corrected chi connectivity index (χ1v) is 6.94. The van der Waals surface area contributed by atoms with E-state index in [9.17, 15) is 9.90 Å². The second-order valence-corrected chi connectivity index (χ2v) is 5.40. The third-order valence-electron chi connectivity index (χ3n) is 3.37. The molecule has 0 bridgehead atoms. The van der Waals surface area contributed by atoms with Crippen molar-refractivity contribution >= 4 is 0 Å². The van der Waals surface area contributed by atoms with Crippen molar-refractivity contribution in [1.29, 1.82) is 0 Å². The van der Waals surface area contributed by atoms with E-state index in [-0.39, 0.29) is 11.8 Å². The van der Waals surface area contributed by atoms with Crippen molar-refractivity contribution < 1.29 is 9.52 Å². The van der Waals surface area contributed by atoms with Gasteiger partial charge in [-0.25, -0.2) is 0 Å². The van der Waals surface area contributed by atoms with Gasteiger partial charge in [-0.3, -0.25) is 9.78 Å². The lowest BCUT2D eigenvalue weighted by Crippen LogP contribution is -2.27. The molecule has 2 rings (SSSR count). The zero-order valence-electron chi connectivity index (χ0n) is 12.5. The lowest BCUT2D eigenvalue weighted by atomic mass is 9.97. The van der Waals surface area contributed by atoms with Gasteiger partial charge in [0, 0.05) is 12.3 Å². The predicted molar refractivity (Wildman–Crippen MR) is 80.0 cm³/mol. The Balaban J connectivity index is 2.16. The predicted octanol–water partition coefficient (Wildman–Crippen LogP) is 2.54. The van der Waals surface area contributed by atoms with Crippen LogP contribution in [0.3, 0.4) is 0 Å². The molecule has 0 aliphatic heterocycles. The van der Waals surface area contributed by atoms with Crippen molar-refractivity contribution in [2.24, 2.45) is 5.92 Å². The average molecular weight is 288 g/mol. The summed E-state index contributed by atoms with van der Waals surface area (Å²) in [4.78, 5) is 15.8. The van der Waals surface area contributed by atoms with Gasteiger partial charge >= 0.3 is 0 Å². The third kappa shape index (κ3) is 3.70. The van der Waals surface area contributed by atoms with Crippen LogP contribution in [0, 0.1) is 12.8 Å². The summed E-state index contributed by atoms with van der Waals surface area (Å²) in [5, 5.41) is 12.5. The van der Waals surface area contributed by atoms with Gasteiger partial charge in [0.2, 0.25) is 5.43 Å². The van der Waals surface area contributed by atoms with Gasteiger partial charge in [0.1, 0.15) is 12.0 Å². The van der Waals surface area contributed by atoms with E-state index in [0.717, 1.165) is 17.5 Å². The standard InChI is InChI=1S/C16H20N2O3/c1-10(2)15(16-11(3)5-4-6-17-16)18-8-12-7-13(19)14(20)9-21-12/h4-7,9-10,15,18,20H,8H2,1-3H3/t15-/m0/s1. The van der Waals surface area contributed by atoms with Gasteiger partial charge in [-0.2, -0.15) is 0 Å². The highest BCUT2D eigenvalue weighted by Gasteiger charge is 2.18. The monoisotopic (exact) mass is 288 g/mol. The third-order valence-corrected chi connectivity index (χ3v) is 3.37. The van der Waals surface area contributed by atoms with Crippen molar-refractivity contribution in [3.8, 4) is 5.75 Å². The molecule has 2 aromatic rings. The molecule has 0 aliphatic carbocycles. The van der Waals surface area contributed by atoms with Crippen molar-refractivity contribution in [3.63, 3.8) is 0 Å². The fourth-order valence-corrected chi connectivity index (χ4v) is 2.22. The minimum absolute atomic E-state index is 0.0605. The Bertz CT molecular complexity index is 665. The summed E-state index contributed by atoms with van der Waals surface area (Å²) >= 11 is 0. The van der Waals surface area contributed by atoms with Crippen LogP contribution in [0.5, 0.6) is 5.75 Å². The van der Waals surface area contributed by atoms with Crippen LogP contribution in [0.1, 0.15) is 36.9 Å². The van der Waals surface area contributed by atoms with Crippen LogP contribution in [-0.2, 0) is 6.54 Å². The van der Waals surface area contributed by atoms with E-state index in [1.807, 2.05) is 19.1 Å². The molecule has 5 heteroatoms. The van der Waals surface area contributed by atoms with Gasteiger partial charge in [-0.05, 0) is 24.5 Å². The highest BCUT2D eigenvalue weighted by molar-refractivity contribution is 5.22. The summed E-state index contributed by atoms with van der Waals surface area (Å²) in [6.45, 7) is 6.64. The molecule has 0 unspecified atom stereocenters. The van der Waals surface area contributed by atoms with Crippen molar-refractivity contribution in [1.82, 2.24) is 10.3 Å². The fourth-order valence-electron chi connectivity index (χ4n) is 2.22. The van der Waals surface area contributed by atoms with Crippen LogP contribution < -0.4 is 10.7 Å². The molecular formula is C16H20N2O3. The summed E-state index contributed by atoms with van der Waals surface area (Å²) in [6.07, 6.45) is 2.84. The minimum Gasteiger partial charge on any atom is -0.502 e. The number of nitrogens with one attached hydrogen (secondary N) is 1. The Hall–Kier alpha value is -2.14. The zero-order chi connectivity index (χ0) is 15.4. The summed E-state index contributed by atoms with van der Waals surface area (Å²) < 4.78 is 5.20. The molecule has 0 aromatic carbocycles. The quantitative estimate of drug-likeness (QED) is 0.884. The number of aromatic hydroxyl groups is 1. The van der Waals surface area contributed by atoms with Crippen LogP contribution in [0.25, 0.3) is 0 Å². The molecule has 2 heterocycles. The average Bonchev–Trinajstić information content (AvgIpc) is 2.44. The van der Waals surface area contributed by atoms with Crippen molar-refractivity contribution in [2.45, 2.75) is 33.4 Å². The maximum Gasteiger partial charge on any atom is 0.226 e. The summed E-state index contributed by atoms with van der Waals surface area (Å²) in [7, 11) is 0. The molecule has 0 fully saturated rings. The normalized spacial score (nSPS) is 12.6. The smallest absolute Gasteiger partial charge is 0.226 e. The van der Waals surface area contributed by atoms with Gasteiger partial charge in [-0.1, -0.05) is 19.9 Å². The van der Waals surface area contributed by atoms with Gasteiger partial charge < -0.3 is 14.8 Å². The van der Waals surface area contributed by atoms with Crippen LogP contribution in [0.15, 0.2) is 39.9 Å². The first kappa shape index (κ1) is 15.3. The van der Waals surface area contributed by atoms with Gasteiger partial charge in [0.15, 0.2) is 5.75 Å². The zero-order valence-corrected chi connectivity index (χ0v) is 12.5. The molecule has 0 radical (unpaired) electrons. The lowest BCUT2D eigenvalue weighted by molar-refractivity contribution is 0.362. The van der Waals surface area contributed by atoms with Gasteiger partial charge in [0.25, 0.3) is 0 Å². The SMILES string of the molecule is Cc1cccnc1[C@@H](NCc1cc(=O)c(O)co1)C(C)C. The number of hydrogen-bond donors (Lipinski definition) is 2. The highest BCUT2D eigenvalue weighted by atomic mass is 16.4. The Labute approximate surface area is 123 Å². The summed E-state index contributed by atoms with van der Waals surface area (Å²) in [5.74, 6) is 0.444. The Kier molecular flexibility index (Phi) is 4.75. The van der Waals surface area contributed by atoms with E-state index < -0.39 is 5.43 Å². The van der Waals surface area contributed by atoms with Gasteiger partial charge in [0.05, 0.1) is 18.3 Å². The molecule has 112 valence electrons. The fraction of sp³-hybridized carbons (Fsp3) is 0.375. The Morgan fingerprint density at radius 3 is 2.81 bits per heavy atom. The molecule has 0 amide bonds. The van der Waals surface area contributed by atoms with E-state index in [0.29, 0.717) is 18.2 Å². The van der Waals surface area contributed by atoms with Crippen LogP contribution >= 0.6 is 0 Å². The van der Waals surface area contributed by atoms with Crippen LogP contribution in [0.2, 0.25) is 0 Å². The topological polar surface area (TPSA) is 75.4 Å². The maximum atomic E-state index is 11.4. The molecule has 0 saturated carbocycles. The molecule has 0 aliphatic rings. The number of aryl methyl sites for hydroxylation is 1. The molecule has 5 nitrogen and oxygen atoms in total. The Morgan fingerprint density at radius 1 is 1.43 bits per heavy atom. The molecule has 2 N–H and O–H groups in total. The molecule has 0 saturated heterocycles. The van der Waals surface area contributed by atoms with Gasteiger partial charge in [-0.15, -0.1) is 0 Å². The van der Waals surface area contributed by atoms with Crippen molar-refractivity contribution in [3.05, 3.63) is 57.9 Å². The van der Waals surface area contributed by atoms with E-state index in [1.165, 1.54) is 6.07 Å². The van der Waals surface area contributed by atoms with Crippen molar-refractivity contribution in [2.75, 3.05) is 0 Å². The number of rotatable bonds is 5. The summed E-state index contributed by atoms with van der Waals surface area (Å²) in [6, 6.07) is 5.30. The van der Waals surface area contributed by atoms with E-state index in [4.69, 9.17) is 4.42 Å². The highest BCUT2D eigenvalue weighted by Crippen LogP contribution is 2.23. The molecule has 21 heavy (non-hydrogen) atoms. The van der Waals surface area contributed by atoms with Crippen LogP contribution in [0.4, 0.5) is 0 Å². The molecule has 2 aromatic heterocycles. The first-order chi connectivity index (χ1) is 9.99. The number of nitrogens with zero attached hydrogens (tertiary/aromatic N) is 1. The molecule has 1 atom stereocenters. The van der Waals surface area contributed by atoms with Crippen LogP contribution in [-0.4, -0.2) is 10.1 Å². The molecular weight excluding hydrogens is 268 g/mol. The van der Waals surface area contributed by atoms with E-state index in [2.05, 4.69) is 24.1 Å². The Morgan fingerprint density at radius 2 is 2.19 bits per heavy atom. The first-order valence-electron chi connectivity index (χ1n) is 6.94. The second-order valence-electron chi connectivity index (χ2n) is 5.40. The summed E-state index contributed by atoms with van der Waals surface area (Å²) in [5.41, 5.74) is 1.68. The van der Waals surface area contributed by atoms with E-state index >= 15 is 0 Å². The molecule has 0 spiro atoms. The lowest BCUT2D eigenvalue weighted by Gasteiger charge is -2.23. The largest absolute Gasteiger partial charge is 0.502 e. The van der Waals surface area contributed by atoms with E-state index in [1.54, 1.807) is 6.20 Å². The minimum atomic E-state index is -0.437. The maximum absolute atomic E-state index is 11.4.